The first-order chi connectivity index (χ1) is 8.19. The lowest BCUT2D eigenvalue weighted by molar-refractivity contribution is -0.123. The van der Waals surface area contributed by atoms with E-state index in [1.165, 1.54) is 19.3 Å². The minimum atomic E-state index is -0.311. The van der Waals surface area contributed by atoms with Crippen LogP contribution in [-0.4, -0.2) is 18.0 Å². The first-order valence-corrected chi connectivity index (χ1v) is 7.25. The third-order valence-corrected chi connectivity index (χ3v) is 3.97. The van der Waals surface area contributed by atoms with Gasteiger partial charge in [0.1, 0.15) is 0 Å². The Morgan fingerprint density at radius 2 is 2.06 bits per heavy atom. The zero-order chi connectivity index (χ0) is 12.7. The van der Waals surface area contributed by atoms with Crippen LogP contribution in [0.4, 0.5) is 0 Å². The van der Waals surface area contributed by atoms with E-state index in [0.29, 0.717) is 12.0 Å². The van der Waals surface area contributed by atoms with Crippen LogP contribution in [0.3, 0.4) is 0 Å². The summed E-state index contributed by atoms with van der Waals surface area (Å²) in [6.07, 6.45) is 9.05. The summed E-state index contributed by atoms with van der Waals surface area (Å²) in [7, 11) is 0. The molecule has 1 rings (SSSR count). The molecule has 0 spiro atoms. The summed E-state index contributed by atoms with van der Waals surface area (Å²) in [5.74, 6) is 0.717. The molecule has 1 aliphatic rings. The van der Waals surface area contributed by atoms with Gasteiger partial charge in [0.15, 0.2) is 0 Å². The van der Waals surface area contributed by atoms with E-state index in [1.54, 1.807) is 0 Å². The van der Waals surface area contributed by atoms with E-state index in [1.807, 2.05) is 0 Å². The standard InChI is InChI=1S/C14H28N2O/c1-3-5-9-12(15)14(17)16-13-10-7-6-8-11(13)4-2/h11-13H,3-10,15H2,1-2H3,(H,16,17)/t11?,12-,13?/m0/s1. The Labute approximate surface area is 106 Å². The summed E-state index contributed by atoms with van der Waals surface area (Å²) in [6.45, 7) is 4.34. The lowest BCUT2D eigenvalue weighted by Crippen LogP contribution is -2.48. The summed E-state index contributed by atoms with van der Waals surface area (Å²) in [5.41, 5.74) is 5.90. The number of hydrogen-bond donors (Lipinski definition) is 2. The number of hydrogen-bond acceptors (Lipinski definition) is 2. The first-order valence-electron chi connectivity index (χ1n) is 7.25. The van der Waals surface area contributed by atoms with Crippen LogP contribution < -0.4 is 11.1 Å². The Kier molecular flexibility index (Phi) is 6.56. The topological polar surface area (TPSA) is 55.1 Å². The van der Waals surface area contributed by atoms with Crippen molar-refractivity contribution in [1.29, 1.82) is 0 Å². The van der Waals surface area contributed by atoms with Gasteiger partial charge in [-0.25, -0.2) is 0 Å². The molecule has 1 saturated carbocycles. The quantitative estimate of drug-likeness (QED) is 0.750. The average molecular weight is 240 g/mol. The highest BCUT2D eigenvalue weighted by atomic mass is 16.2. The van der Waals surface area contributed by atoms with E-state index in [0.717, 1.165) is 32.1 Å². The maximum absolute atomic E-state index is 11.9. The highest BCUT2D eigenvalue weighted by Gasteiger charge is 2.26. The van der Waals surface area contributed by atoms with Gasteiger partial charge < -0.3 is 11.1 Å². The fourth-order valence-electron chi connectivity index (χ4n) is 2.73. The van der Waals surface area contributed by atoms with Gasteiger partial charge in [-0.3, -0.25) is 4.79 Å². The Bertz CT molecular complexity index is 230. The molecule has 3 atom stereocenters. The third-order valence-electron chi connectivity index (χ3n) is 3.97. The predicted molar refractivity (Wildman–Crippen MR) is 71.7 cm³/mol. The number of carbonyl (C=O) groups excluding carboxylic acids is 1. The van der Waals surface area contributed by atoms with E-state index in [2.05, 4.69) is 19.2 Å². The predicted octanol–water partition coefficient (Wildman–Crippen LogP) is 2.59. The van der Waals surface area contributed by atoms with Crippen LogP contribution in [0.1, 0.15) is 65.2 Å². The van der Waals surface area contributed by atoms with Crippen molar-refractivity contribution < 1.29 is 4.79 Å². The average Bonchev–Trinajstić information content (AvgIpc) is 2.36. The first kappa shape index (κ1) is 14.5. The normalized spacial score (nSPS) is 26.5. The van der Waals surface area contributed by atoms with Crippen molar-refractivity contribution >= 4 is 5.91 Å². The minimum absolute atomic E-state index is 0.0591. The van der Waals surface area contributed by atoms with Crippen molar-refractivity contribution in [3.05, 3.63) is 0 Å². The number of amides is 1. The van der Waals surface area contributed by atoms with Crippen molar-refractivity contribution in [1.82, 2.24) is 5.32 Å². The zero-order valence-electron chi connectivity index (χ0n) is 11.4. The molecule has 0 bridgehead atoms. The lowest BCUT2D eigenvalue weighted by atomic mass is 9.82. The maximum Gasteiger partial charge on any atom is 0.237 e. The van der Waals surface area contributed by atoms with Gasteiger partial charge in [0.05, 0.1) is 6.04 Å². The van der Waals surface area contributed by atoms with Crippen LogP contribution in [0, 0.1) is 5.92 Å². The molecule has 3 heteroatoms. The SMILES string of the molecule is CCCC[C@H](N)C(=O)NC1CCCCC1CC. The molecule has 0 saturated heterocycles. The molecule has 100 valence electrons. The fraction of sp³-hybridized carbons (Fsp3) is 0.929. The van der Waals surface area contributed by atoms with Crippen LogP contribution in [0.5, 0.6) is 0 Å². The number of unbranched alkanes of at least 4 members (excludes halogenated alkanes) is 1. The van der Waals surface area contributed by atoms with Crippen LogP contribution in [0.15, 0.2) is 0 Å². The Hall–Kier alpha value is -0.570. The molecule has 2 unspecified atom stereocenters. The fourth-order valence-corrected chi connectivity index (χ4v) is 2.73. The van der Waals surface area contributed by atoms with Gasteiger partial charge in [-0.1, -0.05) is 46.0 Å². The smallest absolute Gasteiger partial charge is 0.237 e. The van der Waals surface area contributed by atoms with Gasteiger partial charge in [-0.15, -0.1) is 0 Å². The molecule has 3 nitrogen and oxygen atoms in total. The lowest BCUT2D eigenvalue weighted by Gasteiger charge is -2.32. The molecular formula is C14H28N2O. The molecule has 0 radical (unpaired) electrons. The maximum atomic E-state index is 11.9. The van der Waals surface area contributed by atoms with E-state index in [-0.39, 0.29) is 11.9 Å². The van der Waals surface area contributed by atoms with Crippen molar-refractivity contribution in [3.8, 4) is 0 Å². The van der Waals surface area contributed by atoms with Gasteiger partial charge in [0.25, 0.3) is 0 Å². The second-order valence-electron chi connectivity index (χ2n) is 5.32. The zero-order valence-corrected chi connectivity index (χ0v) is 11.4. The second kappa shape index (κ2) is 7.70. The molecule has 0 aromatic rings. The van der Waals surface area contributed by atoms with Gasteiger partial charge in [0, 0.05) is 6.04 Å². The van der Waals surface area contributed by atoms with Gasteiger partial charge >= 0.3 is 0 Å². The number of rotatable bonds is 6. The van der Waals surface area contributed by atoms with Crippen molar-refractivity contribution in [2.75, 3.05) is 0 Å². The molecule has 0 aliphatic heterocycles. The van der Waals surface area contributed by atoms with E-state index >= 15 is 0 Å². The van der Waals surface area contributed by atoms with E-state index in [4.69, 9.17) is 5.73 Å². The molecule has 1 aliphatic carbocycles. The largest absolute Gasteiger partial charge is 0.352 e. The number of nitrogens with one attached hydrogen (secondary N) is 1. The van der Waals surface area contributed by atoms with E-state index < -0.39 is 0 Å². The van der Waals surface area contributed by atoms with Crippen LogP contribution >= 0.6 is 0 Å². The molecule has 0 heterocycles. The summed E-state index contributed by atoms with van der Waals surface area (Å²) in [4.78, 5) is 11.9. The third kappa shape index (κ3) is 4.66. The van der Waals surface area contributed by atoms with Crippen LogP contribution in [0.2, 0.25) is 0 Å². The van der Waals surface area contributed by atoms with Gasteiger partial charge in [-0.2, -0.15) is 0 Å². The second-order valence-corrected chi connectivity index (χ2v) is 5.32. The number of nitrogens with two attached hydrogens (primary N) is 1. The summed E-state index contributed by atoms with van der Waals surface area (Å²) >= 11 is 0. The molecule has 1 fully saturated rings. The molecular weight excluding hydrogens is 212 g/mol. The molecule has 0 aromatic heterocycles. The van der Waals surface area contributed by atoms with E-state index in [9.17, 15) is 4.79 Å². The van der Waals surface area contributed by atoms with Gasteiger partial charge in [-0.05, 0) is 25.2 Å². The molecule has 3 N–H and O–H groups in total. The molecule has 1 amide bonds. The number of carbonyl (C=O) groups is 1. The minimum Gasteiger partial charge on any atom is -0.352 e. The van der Waals surface area contributed by atoms with Crippen molar-refractivity contribution in [2.45, 2.75) is 77.3 Å². The molecule has 17 heavy (non-hydrogen) atoms. The Morgan fingerprint density at radius 3 is 2.71 bits per heavy atom. The highest BCUT2D eigenvalue weighted by molar-refractivity contribution is 5.81. The van der Waals surface area contributed by atoms with Gasteiger partial charge in [0.2, 0.25) is 5.91 Å². The van der Waals surface area contributed by atoms with Crippen LogP contribution in [0.25, 0.3) is 0 Å². The summed E-state index contributed by atoms with van der Waals surface area (Å²) < 4.78 is 0. The van der Waals surface area contributed by atoms with Crippen molar-refractivity contribution in [3.63, 3.8) is 0 Å². The monoisotopic (exact) mass is 240 g/mol. The summed E-state index contributed by atoms with van der Waals surface area (Å²) in [6, 6.07) is 0.0586. The Balaban J connectivity index is 2.37. The summed E-state index contributed by atoms with van der Waals surface area (Å²) in [5, 5.41) is 3.16. The Morgan fingerprint density at radius 1 is 1.35 bits per heavy atom. The van der Waals surface area contributed by atoms with Crippen molar-refractivity contribution in [2.24, 2.45) is 11.7 Å². The molecule has 0 aromatic carbocycles. The van der Waals surface area contributed by atoms with Crippen LogP contribution in [-0.2, 0) is 4.79 Å². The highest BCUT2D eigenvalue weighted by Crippen LogP contribution is 2.26.